The summed E-state index contributed by atoms with van der Waals surface area (Å²) in [6.07, 6.45) is 0. The fourth-order valence-electron chi connectivity index (χ4n) is 3.33. The maximum absolute atomic E-state index is 14.1. The molecule has 0 bridgehead atoms. The van der Waals surface area contributed by atoms with Gasteiger partial charge in [0.15, 0.2) is 0 Å². The number of halogens is 4. The Hall–Kier alpha value is -3.21. The fraction of sp³-hybridized carbons (Fsp3) is 0.0417. The van der Waals surface area contributed by atoms with Crippen LogP contribution in [0.1, 0.15) is 16.1 Å². The highest BCUT2D eigenvalue weighted by Gasteiger charge is 2.22. The molecule has 0 spiro atoms. The average molecular weight is 623 g/mol. The van der Waals surface area contributed by atoms with Crippen molar-refractivity contribution in [2.45, 2.75) is 6.92 Å². The van der Waals surface area contributed by atoms with Gasteiger partial charge in [0.1, 0.15) is 11.5 Å². The summed E-state index contributed by atoms with van der Waals surface area (Å²) < 4.78 is 16.5. The Kier molecular flexibility index (Phi) is 7.25. The Morgan fingerprint density at radius 3 is 2.34 bits per heavy atom. The van der Waals surface area contributed by atoms with Crippen LogP contribution in [0, 0.1) is 12.7 Å². The van der Waals surface area contributed by atoms with Gasteiger partial charge in [-0.3, -0.25) is 19.8 Å². The highest BCUT2D eigenvalue weighted by Crippen LogP contribution is 2.26. The zero-order chi connectivity index (χ0) is 25.3. The zero-order valence-corrected chi connectivity index (χ0v) is 21.9. The molecule has 3 amide bonds. The van der Waals surface area contributed by atoms with Crippen LogP contribution in [0.15, 0.2) is 69.6 Å². The van der Waals surface area contributed by atoms with Crippen LogP contribution >= 0.6 is 43.5 Å². The smallest absolute Gasteiger partial charge is 0.320 e. The maximum atomic E-state index is 14.1. The van der Waals surface area contributed by atoms with Crippen molar-refractivity contribution in [2.24, 2.45) is 0 Å². The number of amides is 3. The van der Waals surface area contributed by atoms with Crippen LogP contribution in [0.2, 0.25) is 5.02 Å². The van der Waals surface area contributed by atoms with Crippen molar-refractivity contribution in [3.05, 3.63) is 91.7 Å². The highest BCUT2D eigenvalue weighted by molar-refractivity contribution is 9.10. The molecule has 4 rings (SSSR count). The standard InChI is InChI=1S/C24H16Br2ClFN4O3/c1-12-16(27)3-2-4-18(12)29-22(33)21-10-13-9-14(25)6-8-20(13)32(21)31-24(35)23(34)30-19-7-5-15(26)11-17(19)28/h2-11H,1H3,(H,29,33)(H,30,34)(H,31,35). The molecule has 0 unspecified atom stereocenters. The lowest BCUT2D eigenvalue weighted by Crippen LogP contribution is -2.36. The number of nitrogens with zero attached hydrogens (tertiary/aromatic N) is 1. The highest BCUT2D eigenvalue weighted by atomic mass is 79.9. The number of anilines is 2. The molecule has 0 aliphatic carbocycles. The molecule has 7 nitrogen and oxygen atoms in total. The van der Waals surface area contributed by atoms with E-state index in [0.29, 0.717) is 31.6 Å². The topological polar surface area (TPSA) is 92.2 Å². The molecule has 0 aliphatic rings. The maximum Gasteiger partial charge on any atom is 0.328 e. The van der Waals surface area contributed by atoms with E-state index in [0.717, 1.165) is 10.5 Å². The van der Waals surface area contributed by atoms with Crippen molar-refractivity contribution in [2.75, 3.05) is 16.1 Å². The molecule has 35 heavy (non-hydrogen) atoms. The van der Waals surface area contributed by atoms with Gasteiger partial charge >= 0.3 is 11.8 Å². The largest absolute Gasteiger partial charge is 0.328 e. The van der Waals surface area contributed by atoms with Gasteiger partial charge in [-0.25, -0.2) is 9.07 Å². The molecule has 0 aliphatic heterocycles. The van der Waals surface area contributed by atoms with E-state index in [1.54, 1.807) is 49.4 Å². The third kappa shape index (κ3) is 5.39. The first kappa shape index (κ1) is 24.9. The molecule has 0 radical (unpaired) electrons. The molecular formula is C24H16Br2ClFN4O3. The Morgan fingerprint density at radius 1 is 0.886 bits per heavy atom. The Labute approximate surface area is 220 Å². The number of benzene rings is 3. The molecule has 0 fully saturated rings. The van der Waals surface area contributed by atoms with Crippen LogP contribution in [-0.4, -0.2) is 22.4 Å². The van der Waals surface area contributed by atoms with Gasteiger partial charge in [-0.2, -0.15) is 0 Å². The van der Waals surface area contributed by atoms with E-state index in [4.69, 9.17) is 11.6 Å². The summed E-state index contributed by atoms with van der Waals surface area (Å²) in [4.78, 5) is 38.4. The van der Waals surface area contributed by atoms with Crippen molar-refractivity contribution < 1.29 is 18.8 Å². The second-order valence-electron chi connectivity index (χ2n) is 7.45. The van der Waals surface area contributed by atoms with Gasteiger partial charge in [-0.15, -0.1) is 0 Å². The molecule has 3 aromatic carbocycles. The van der Waals surface area contributed by atoms with Crippen LogP contribution in [0.5, 0.6) is 0 Å². The van der Waals surface area contributed by atoms with Gasteiger partial charge in [-0.05, 0) is 67.1 Å². The average Bonchev–Trinajstić information content (AvgIpc) is 3.16. The van der Waals surface area contributed by atoms with Gasteiger partial charge in [0.05, 0.1) is 11.2 Å². The molecule has 4 aromatic rings. The molecule has 1 aromatic heterocycles. The number of nitrogens with one attached hydrogen (secondary N) is 3. The van der Waals surface area contributed by atoms with E-state index < -0.39 is 23.5 Å². The summed E-state index contributed by atoms with van der Waals surface area (Å²) in [5.74, 6) is -3.46. The number of carbonyl (C=O) groups is 3. The first-order chi connectivity index (χ1) is 16.6. The predicted octanol–water partition coefficient (Wildman–Crippen LogP) is 6.23. The summed E-state index contributed by atoms with van der Waals surface area (Å²) in [6.45, 7) is 1.76. The van der Waals surface area contributed by atoms with Crippen molar-refractivity contribution in [1.82, 2.24) is 4.68 Å². The zero-order valence-electron chi connectivity index (χ0n) is 18.0. The first-order valence-electron chi connectivity index (χ1n) is 10.1. The molecule has 11 heteroatoms. The molecule has 0 saturated heterocycles. The predicted molar refractivity (Wildman–Crippen MR) is 141 cm³/mol. The summed E-state index contributed by atoms with van der Waals surface area (Å²) in [5, 5.41) is 6.12. The van der Waals surface area contributed by atoms with E-state index >= 15 is 0 Å². The SMILES string of the molecule is Cc1c(Cl)cccc1NC(=O)c1cc2cc(Br)ccc2n1NC(=O)C(=O)Nc1ccc(Br)cc1F. The molecular weight excluding hydrogens is 607 g/mol. The van der Waals surface area contributed by atoms with Crippen molar-refractivity contribution in [1.29, 1.82) is 0 Å². The van der Waals surface area contributed by atoms with Crippen LogP contribution in [0.3, 0.4) is 0 Å². The third-order valence-electron chi connectivity index (χ3n) is 5.11. The Morgan fingerprint density at radius 2 is 1.60 bits per heavy atom. The number of fused-ring (bicyclic) bond motifs is 1. The molecule has 0 atom stereocenters. The van der Waals surface area contributed by atoms with Crippen LogP contribution in [0.4, 0.5) is 15.8 Å². The lowest BCUT2D eigenvalue weighted by molar-refractivity contribution is -0.133. The van der Waals surface area contributed by atoms with Gasteiger partial charge in [0.2, 0.25) is 0 Å². The monoisotopic (exact) mass is 620 g/mol. The minimum Gasteiger partial charge on any atom is -0.320 e. The summed E-state index contributed by atoms with van der Waals surface area (Å²) in [7, 11) is 0. The Balaban J connectivity index is 1.65. The van der Waals surface area contributed by atoms with E-state index in [1.165, 1.54) is 16.8 Å². The van der Waals surface area contributed by atoms with Crippen molar-refractivity contribution in [3.63, 3.8) is 0 Å². The first-order valence-corrected chi connectivity index (χ1v) is 12.1. The van der Waals surface area contributed by atoms with E-state index in [2.05, 4.69) is 47.9 Å². The molecule has 0 saturated carbocycles. The number of carbonyl (C=O) groups excluding carboxylic acids is 3. The van der Waals surface area contributed by atoms with Crippen molar-refractivity contribution in [3.8, 4) is 0 Å². The second-order valence-corrected chi connectivity index (χ2v) is 9.69. The van der Waals surface area contributed by atoms with Crippen LogP contribution in [0.25, 0.3) is 10.9 Å². The minimum absolute atomic E-state index is 0.0634. The van der Waals surface area contributed by atoms with Crippen molar-refractivity contribution >= 4 is 83.5 Å². The van der Waals surface area contributed by atoms with E-state index in [9.17, 15) is 18.8 Å². The minimum atomic E-state index is -1.11. The molecule has 178 valence electrons. The summed E-state index contributed by atoms with van der Waals surface area (Å²) in [5.41, 5.74) is 3.97. The Bertz CT molecular complexity index is 1510. The molecule has 1 heterocycles. The van der Waals surface area contributed by atoms with Gasteiger partial charge in [-0.1, -0.05) is 49.5 Å². The third-order valence-corrected chi connectivity index (χ3v) is 6.51. The summed E-state index contributed by atoms with van der Waals surface area (Å²) in [6, 6.07) is 15.8. The normalized spacial score (nSPS) is 10.8. The van der Waals surface area contributed by atoms with Gasteiger partial charge in [0.25, 0.3) is 5.91 Å². The van der Waals surface area contributed by atoms with Crippen LogP contribution in [-0.2, 0) is 9.59 Å². The van der Waals surface area contributed by atoms with E-state index in [1.807, 2.05) is 0 Å². The lowest BCUT2D eigenvalue weighted by Gasteiger charge is -2.14. The number of aromatic nitrogens is 1. The summed E-state index contributed by atoms with van der Waals surface area (Å²) >= 11 is 12.7. The van der Waals surface area contributed by atoms with Gasteiger partial charge < -0.3 is 10.6 Å². The fourth-order valence-corrected chi connectivity index (χ4v) is 4.21. The van der Waals surface area contributed by atoms with E-state index in [-0.39, 0.29) is 11.4 Å². The second kappa shape index (κ2) is 10.2. The number of hydrogen-bond acceptors (Lipinski definition) is 3. The molecule has 3 N–H and O–H groups in total. The quantitative estimate of drug-likeness (QED) is 0.236. The lowest BCUT2D eigenvalue weighted by atomic mass is 10.2. The number of hydrogen-bond donors (Lipinski definition) is 3. The number of rotatable bonds is 4. The van der Waals surface area contributed by atoms with Crippen LogP contribution < -0.4 is 16.1 Å². The van der Waals surface area contributed by atoms with Gasteiger partial charge in [0, 0.05) is 25.0 Å².